The Labute approximate surface area is 54.6 Å². The van der Waals surface area contributed by atoms with E-state index in [1.54, 1.807) is 0 Å². The zero-order valence-electron chi connectivity index (χ0n) is 6.00. The molecule has 0 aromatic heterocycles. The monoisotopic (exact) mass is 132 g/mol. The maximum atomic E-state index is 9.97. The SMILES string of the molecule is CC(C)CN(C)[N+](=O)[O-]. The molecule has 0 aromatic rings. The van der Waals surface area contributed by atoms with E-state index in [-0.39, 0.29) is 0 Å². The summed E-state index contributed by atoms with van der Waals surface area (Å²) in [5, 5.41) is 10.7. The molecule has 0 fully saturated rings. The first-order valence-corrected chi connectivity index (χ1v) is 2.89. The molecule has 0 aliphatic carbocycles. The number of rotatable bonds is 3. The summed E-state index contributed by atoms with van der Waals surface area (Å²) in [4.78, 5) is 9.97. The van der Waals surface area contributed by atoms with Gasteiger partial charge in [0.05, 0.1) is 13.6 Å². The predicted octanol–water partition coefficient (Wildman–Crippen LogP) is 0.766. The highest BCUT2D eigenvalue weighted by atomic mass is 16.7. The van der Waals surface area contributed by atoms with Gasteiger partial charge < -0.3 is 0 Å². The van der Waals surface area contributed by atoms with E-state index in [0.717, 1.165) is 5.01 Å². The Balaban J connectivity index is 3.50. The average molecular weight is 132 g/mol. The summed E-state index contributed by atoms with van der Waals surface area (Å²) in [5.74, 6) is 0.348. The maximum Gasteiger partial charge on any atom is 0.159 e. The van der Waals surface area contributed by atoms with Gasteiger partial charge in [0.25, 0.3) is 0 Å². The second-order valence-electron chi connectivity index (χ2n) is 2.47. The van der Waals surface area contributed by atoms with Crippen LogP contribution in [0, 0.1) is 16.0 Å². The van der Waals surface area contributed by atoms with Crippen LogP contribution < -0.4 is 0 Å². The summed E-state index contributed by atoms with van der Waals surface area (Å²) in [6.45, 7) is 4.40. The van der Waals surface area contributed by atoms with E-state index in [1.165, 1.54) is 7.05 Å². The van der Waals surface area contributed by atoms with E-state index in [2.05, 4.69) is 0 Å². The highest BCUT2D eigenvalue weighted by Crippen LogP contribution is 1.94. The Hall–Kier alpha value is -0.800. The van der Waals surface area contributed by atoms with Gasteiger partial charge in [-0.3, -0.25) is 0 Å². The van der Waals surface area contributed by atoms with E-state index in [4.69, 9.17) is 0 Å². The van der Waals surface area contributed by atoms with Gasteiger partial charge in [-0.15, -0.1) is 5.01 Å². The van der Waals surface area contributed by atoms with Gasteiger partial charge in [-0.2, -0.15) is 0 Å². The summed E-state index contributed by atoms with van der Waals surface area (Å²) >= 11 is 0. The van der Waals surface area contributed by atoms with Crippen LogP contribution in [0.1, 0.15) is 13.8 Å². The third-order valence-electron chi connectivity index (χ3n) is 0.908. The first kappa shape index (κ1) is 8.20. The number of hydrogen-bond donors (Lipinski definition) is 0. The van der Waals surface area contributed by atoms with E-state index in [1.807, 2.05) is 13.8 Å². The lowest BCUT2D eigenvalue weighted by Gasteiger charge is -2.09. The van der Waals surface area contributed by atoms with E-state index in [0.29, 0.717) is 12.5 Å². The lowest BCUT2D eigenvalue weighted by atomic mass is 10.2. The zero-order chi connectivity index (χ0) is 7.44. The van der Waals surface area contributed by atoms with Crippen molar-refractivity contribution in [2.75, 3.05) is 13.6 Å². The molecule has 0 N–H and O–H groups in total. The highest BCUT2D eigenvalue weighted by Gasteiger charge is 2.07. The van der Waals surface area contributed by atoms with E-state index in [9.17, 15) is 10.1 Å². The van der Waals surface area contributed by atoms with Crippen LogP contribution in [0.25, 0.3) is 0 Å². The Morgan fingerprint density at radius 1 is 1.67 bits per heavy atom. The normalized spacial score (nSPS) is 9.78. The van der Waals surface area contributed by atoms with E-state index < -0.39 is 5.03 Å². The van der Waals surface area contributed by atoms with Gasteiger partial charge in [0, 0.05) is 0 Å². The van der Waals surface area contributed by atoms with Gasteiger partial charge in [0.15, 0.2) is 5.03 Å². The number of nitro groups is 1. The molecule has 0 aliphatic heterocycles. The third-order valence-corrected chi connectivity index (χ3v) is 0.908. The van der Waals surface area contributed by atoms with Gasteiger partial charge in [-0.1, -0.05) is 13.8 Å². The molecule has 4 heteroatoms. The summed E-state index contributed by atoms with van der Waals surface area (Å²) < 4.78 is 0. The minimum absolute atomic E-state index is 0.348. The molecular weight excluding hydrogens is 120 g/mol. The molecule has 4 nitrogen and oxygen atoms in total. The Morgan fingerprint density at radius 2 is 2.11 bits per heavy atom. The Morgan fingerprint density at radius 3 is 2.22 bits per heavy atom. The predicted molar refractivity (Wildman–Crippen MR) is 34.5 cm³/mol. The van der Waals surface area contributed by atoms with Gasteiger partial charge in [-0.25, -0.2) is 10.1 Å². The first-order chi connectivity index (χ1) is 4.04. The highest BCUT2D eigenvalue weighted by molar-refractivity contribution is 4.43. The molecule has 0 saturated carbocycles. The maximum absolute atomic E-state index is 9.97. The topological polar surface area (TPSA) is 46.4 Å². The van der Waals surface area contributed by atoms with Crippen molar-refractivity contribution in [3.63, 3.8) is 0 Å². The largest absolute Gasteiger partial charge is 0.235 e. The van der Waals surface area contributed by atoms with Crippen LogP contribution in [0.2, 0.25) is 0 Å². The smallest absolute Gasteiger partial charge is 0.159 e. The second kappa shape index (κ2) is 3.27. The molecule has 0 rings (SSSR count). The Bertz CT molecular complexity index is 103. The van der Waals surface area contributed by atoms with Gasteiger partial charge in [0.1, 0.15) is 0 Å². The fourth-order valence-electron chi connectivity index (χ4n) is 0.595. The van der Waals surface area contributed by atoms with Gasteiger partial charge >= 0.3 is 0 Å². The van der Waals surface area contributed by atoms with Crippen molar-refractivity contribution in [3.8, 4) is 0 Å². The molecule has 0 aromatic carbocycles. The molecule has 0 saturated heterocycles. The minimum Gasteiger partial charge on any atom is -0.235 e. The molecule has 9 heavy (non-hydrogen) atoms. The first-order valence-electron chi connectivity index (χ1n) is 2.89. The van der Waals surface area contributed by atoms with Crippen molar-refractivity contribution in [1.29, 1.82) is 0 Å². The third kappa shape index (κ3) is 3.76. The van der Waals surface area contributed by atoms with Crippen molar-refractivity contribution in [2.24, 2.45) is 5.92 Å². The van der Waals surface area contributed by atoms with Crippen molar-refractivity contribution in [1.82, 2.24) is 5.01 Å². The number of hydrazine groups is 1. The number of hydrogen-bond acceptors (Lipinski definition) is 2. The molecule has 0 heterocycles. The molecule has 0 amide bonds. The van der Waals surface area contributed by atoms with Gasteiger partial charge in [0.2, 0.25) is 0 Å². The Kier molecular flexibility index (Phi) is 2.98. The van der Waals surface area contributed by atoms with Crippen molar-refractivity contribution < 1.29 is 5.03 Å². The lowest BCUT2D eigenvalue weighted by molar-refractivity contribution is -0.650. The molecule has 0 aliphatic rings. The molecule has 54 valence electrons. The second-order valence-corrected chi connectivity index (χ2v) is 2.47. The summed E-state index contributed by atoms with van der Waals surface area (Å²) in [6, 6.07) is 0. The fourth-order valence-corrected chi connectivity index (χ4v) is 0.595. The van der Waals surface area contributed by atoms with Crippen molar-refractivity contribution in [3.05, 3.63) is 10.1 Å². The fraction of sp³-hybridized carbons (Fsp3) is 1.00. The summed E-state index contributed by atoms with van der Waals surface area (Å²) in [6.07, 6.45) is 0. The van der Waals surface area contributed by atoms with Crippen LogP contribution in [-0.4, -0.2) is 23.6 Å². The lowest BCUT2D eigenvalue weighted by Crippen LogP contribution is -2.28. The van der Waals surface area contributed by atoms with Crippen LogP contribution in [0.3, 0.4) is 0 Å². The molecule has 0 bridgehead atoms. The molecular formula is C5H12N2O2. The van der Waals surface area contributed by atoms with Crippen LogP contribution in [0.4, 0.5) is 0 Å². The summed E-state index contributed by atoms with van der Waals surface area (Å²) in [5.41, 5.74) is 0. The average Bonchev–Trinajstić information content (AvgIpc) is 1.63. The standard InChI is InChI=1S/C5H12N2O2/c1-5(2)4-6(3)7(8)9/h5H,4H2,1-3H3. The van der Waals surface area contributed by atoms with Crippen LogP contribution >= 0.6 is 0 Å². The van der Waals surface area contributed by atoms with E-state index >= 15 is 0 Å². The van der Waals surface area contributed by atoms with Crippen LogP contribution in [0.15, 0.2) is 0 Å². The van der Waals surface area contributed by atoms with Crippen molar-refractivity contribution in [2.45, 2.75) is 13.8 Å². The molecule has 0 radical (unpaired) electrons. The van der Waals surface area contributed by atoms with Crippen molar-refractivity contribution >= 4 is 0 Å². The van der Waals surface area contributed by atoms with Crippen LogP contribution in [0.5, 0.6) is 0 Å². The zero-order valence-corrected chi connectivity index (χ0v) is 6.00. The minimum atomic E-state index is -0.403. The van der Waals surface area contributed by atoms with Crippen LogP contribution in [-0.2, 0) is 0 Å². The molecule has 0 unspecified atom stereocenters. The van der Waals surface area contributed by atoms with Gasteiger partial charge in [-0.05, 0) is 5.92 Å². The molecule has 0 atom stereocenters. The molecule has 0 spiro atoms. The quantitative estimate of drug-likeness (QED) is 0.421. The summed E-state index contributed by atoms with van der Waals surface area (Å²) in [7, 11) is 1.47. The number of nitrogens with zero attached hydrogens (tertiary/aromatic N) is 2.